The van der Waals surface area contributed by atoms with E-state index in [1.165, 1.54) is 167 Å². The van der Waals surface area contributed by atoms with Crippen LogP contribution in [-0.2, 0) is 25.7 Å². The minimum absolute atomic E-state index is 1.19. The van der Waals surface area contributed by atoms with Gasteiger partial charge in [-0.3, -0.25) is 0 Å². The molecule has 0 aromatic heterocycles. The third-order valence-corrected chi connectivity index (χ3v) is 9.33. The van der Waals surface area contributed by atoms with Gasteiger partial charge < -0.3 is 0 Å². The minimum Gasteiger partial charge on any atom is -0.0654 e. The van der Waals surface area contributed by atoms with Gasteiger partial charge in [-0.25, -0.2) is 0 Å². The molecule has 2 aromatic rings. The van der Waals surface area contributed by atoms with E-state index in [0.29, 0.717) is 0 Å². The van der Waals surface area contributed by atoms with Gasteiger partial charge in [0.05, 0.1) is 0 Å². The highest BCUT2D eigenvalue weighted by Gasteiger charge is 2.14. The first-order valence-electron chi connectivity index (χ1n) is 19.0. The Morgan fingerprint density at radius 1 is 0.357 bits per heavy atom. The molecular formula is C42H70. The molecule has 0 saturated carbocycles. The predicted molar refractivity (Wildman–Crippen MR) is 191 cm³/mol. The normalized spacial score (nSPS) is 11.4. The van der Waals surface area contributed by atoms with Crippen LogP contribution >= 0.6 is 0 Å². The van der Waals surface area contributed by atoms with Gasteiger partial charge in [-0.15, -0.1) is 0 Å². The maximum Gasteiger partial charge on any atom is -0.0117 e. The quantitative estimate of drug-likeness (QED) is 0.0931. The summed E-state index contributed by atoms with van der Waals surface area (Å²) in [7, 11) is 0. The summed E-state index contributed by atoms with van der Waals surface area (Å²) in [4.78, 5) is 0. The standard InChI is InChI=1S/C42H70/c1-5-9-11-13-15-17-19-21-23-25-30-37-34-35-41(42-38(28-7-3)32-27-33-39(42)29-8-4)40(36-37)31-26-24-22-20-18-16-14-12-10-6-2/h27,32-36H,5-26,28-31H2,1-4H3. The SMILES string of the molecule is CCCCCCCCCCCCc1ccc(-c2c(CCC)cccc2CCC)c(CCCCCCCCCCCC)c1. The first-order chi connectivity index (χ1) is 20.7. The van der Waals surface area contributed by atoms with Gasteiger partial charge in [0.15, 0.2) is 0 Å². The van der Waals surface area contributed by atoms with Gasteiger partial charge in [-0.1, -0.05) is 193 Å². The summed E-state index contributed by atoms with van der Waals surface area (Å²) in [6, 6.07) is 14.7. The molecule has 0 heterocycles. The van der Waals surface area contributed by atoms with Crippen LogP contribution in [0.1, 0.15) is 191 Å². The topological polar surface area (TPSA) is 0 Å². The molecule has 0 atom stereocenters. The molecule has 42 heavy (non-hydrogen) atoms. The van der Waals surface area contributed by atoms with Crippen molar-refractivity contribution in [3.63, 3.8) is 0 Å². The van der Waals surface area contributed by atoms with E-state index in [1.54, 1.807) is 33.4 Å². The van der Waals surface area contributed by atoms with Crippen LogP contribution < -0.4 is 0 Å². The highest BCUT2D eigenvalue weighted by Crippen LogP contribution is 2.34. The van der Waals surface area contributed by atoms with Crippen LogP contribution in [0.3, 0.4) is 0 Å². The number of unbranched alkanes of at least 4 members (excludes halogenated alkanes) is 18. The lowest BCUT2D eigenvalue weighted by Gasteiger charge is -2.19. The minimum atomic E-state index is 1.19. The van der Waals surface area contributed by atoms with Gasteiger partial charge in [0.25, 0.3) is 0 Å². The van der Waals surface area contributed by atoms with E-state index in [0.717, 1.165) is 0 Å². The van der Waals surface area contributed by atoms with Crippen LogP contribution in [0.25, 0.3) is 11.1 Å². The Bertz CT molecular complexity index is 882. The molecule has 0 aliphatic carbocycles. The van der Waals surface area contributed by atoms with Crippen LogP contribution in [0.4, 0.5) is 0 Å². The lowest BCUT2D eigenvalue weighted by Crippen LogP contribution is -2.01. The van der Waals surface area contributed by atoms with Crippen molar-refractivity contribution in [3.8, 4) is 11.1 Å². The Hall–Kier alpha value is -1.56. The molecule has 0 spiro atoms. The van der Waals surface area contributed by atoms with E-state index in [-0.39, 0.29) is 0 Å². The van der Waals surface area contributed by atoms with E-state index in [2.05, 4.69) is 64.1 Å². The molecule has 0 aliphatic rings. The van der Waals surface area contributed by atoms with Crippen molar-refractivity contribution in [2.75, 3.05) is 0 Å². The second-order valence-corrected chi connectivity index (χ2v) is 13.3. The summed E-state index contributed by atoms with van der Waals surface area (Å²) in [5.41, 5.74) is 9.45. The second-order valence-electron chi connectivity index (χ2n) is 13.3. The fraction of sp³-hybridized carbons (Fsp3) is 0.714. The molecule has 0 bridgehead atoms. The highest BCUT2D eigenvalue weighted by atomic mass is 14.2. The molecule has 0 amide bonds. The molecule has 0 aliphatic heterocycles. The van der Waals surface area contributed by atoms with Crippen molar-refractivity contribution in [1.82, 2.24) is 0 Å². The van der Waals surface area contributed by atoms with Crippen molar-refractivity contribution in [3.05, 3.63) is 58.7 Å². The Morgan fingerprint density at radius 3 is 1.24 bits per heavy atom. The summed E-state index contributed by atoms with van der Waals surface area (Å²) in [5.74, 6) is 0. The van der Waals surface area contributed by atoms with Gasteiger partial charge in [0.1, 0.15) is 0 Å². The van der Waals surface area contributed by atoms with E-state index in [4.69, 9.17) is 0 Å². The van der Waals surface area contributed by atoms with Gasteiger partial charge in [-0.05, 0) is 71.9 Å². The first-order valence-corrected chi connectivity index (χ1v) is 19.0. The lowest BCUT2D eigenvalue weighted by molar-refractivity contribution is 0.555. The zero-order valence-electron chi connectivity index (χ0n) is 28.8. The average Bonchev–Trinajstić information content (AvgIpc) is 3.00. The number of hydrogen-bond donors (Lipinski definition) is 0. The maximum absolute atomic E-state index is 2.62. The monoisotopic (exact) mass is 575 g/mol. The predicted octanol–water partition coefficient (Wildman–Crippen LogP) is 14.2. The smallest absolute Gasteiger partial charge is 0.0117 e. The summed E-state index contributed by atoms with van der Waals surface area (Å²) >= 11 is 0. The lowest BCUT2D eigenvalue weighted by atomic mass is 9.85. The number of rotatable bonds is 27. The maximum atomic E-state index is 2.62. The number of aryl methyl sites for hydroxylation is 4. The van der Waals surface area contributed by atoms with Crippen molar-refractivity contribution in [1.29, 1.82) is 0 Å². The Balaban J connectivity index is 1.99. The fourth-order valence-corrected chi connectivity index (χ4v) is 6.83. The molecule has 0 nitrogen and oxygen atoms in total. The molecule has 0 fully saturated rings. The molecule has 2 rings (SSSR count). The van der Waals surface area contributed by atoms with E-state index in [1.807, 2.05) is 0 Å². The molecule has 238 valence electrons. The summed E-state index contributed by atoms with van der Waals surface area (Å²) in [6.45, 7) is 9.28. The fourth-order valence-electron chi connectivity index (χ4n) is 6.83. The summed E-state index contributed by atoms with van der Waals surface area (Å²) in [6.07, 6.45) is 35.5. The Labute approximate surface area is 263 Å². The summed E-state index contributed by atoms with van der Waals surface area (Å²) < 4.78 is 0. The van der Waals surface area contributed by atoms with Gasteiger partial charge in [0, 0.05) is 0 Å². The summed E-state index contributed by atoms with van der Waals surface area (Å²) in [5, 5.41) is 0. The molecule has 0 unspecified atom stereocenters. The molecule has 0 N–H and O–H groups in total. The van der Waals surface area contributed by atoms with Crippen LogP contribution in [0, 0.1) is 0 Å². The second kappa shape index (κ2) is 24.8. The van der Waals surface area contributed by atoms with Gasteiger partial charge >= 0.3 is 0 Å². The van der Waals surface area contributed by atoms with Crippen LogP contribution in [-0.4, -0.2) is 0 Å². The van der Waals surface area contributed by atoms with Crippen molar-refractivity contribution >= 4 is 0 Å². The zero-order chi connectivity index (χ0) is 30.1. The average molecular weight is 575 g/mol. The molecule has 0 saturated heterocycles. The Kier molecular flexibility index (Phi) is 21.7. The van der Waals surface area contributed by atoms with E-state index in [9.17, 15) is 0 Å². The van der Waals surface area contributed by atoms with Crippen LogP contribution in [0.2, 0.25) is 0 Å². The van der Waals surface area contributed by atoms with Crippen molar-refractivity contribution in [2.24, 2.45) is 0 Å². The molecule has 0 radical (unpaired) electrons. The van der Waals surface area contributed by atoms with Crippen LogP contribution in [0.15, 0.2) is 36.4 Å². The van der Waals surface area contributed by atoms with E-state index < -0.39 is 0 Å². The number of hydrogen-bond acceptors (Lipinski definition) is 0. The van der Waals surface area contributed by atoms with Gasteiger partial charge in [0.2, 0.25) is 0 Å². The largest absolute Gasteiger partial charge is 0.0654 e. The first kappa shape index (κ1) is 36.6. The van der Waals surface area contributed by atoms with Gasteiger partial charge in [-0.2, -0.15) is 0 Å². The molecule has 0 heteroatoms. The van der Waals surface area contributed by atoms with Crippen molar-refractivity contribution in [2.45, 2.75) is 195 Å². The third kappa shape index (κ3) is 15.3. The third-order valence-electron chi connectivity index (χ3n) is 9.33. The highest BCUT2D eigenvalue weighted by molar-refractivity contribution is 5.74. The number of benzene rings is 2. The molecular weight excluding hydrogens is 504 g/mol. The molecule has 2 aromatic carbocycles. The van der Waals surface area contributed by atoms with Crippen LogP contribution in [0.5, 0.6) is 0 Å². The van der Waals surface area contributed by atoms with E-state index >= 15 is 0 Å². The Morgan fingerprint density at radius 2 is 0.786 bits per heavy atom. The van der Waals surface area contributed by atoms with Crippen molar-refractivity contribution < 1.29 is 0 Å². The zero-order valence-corrected chi connectivity index (χ0v) is 28.8.